The van der Waals surface area contributed by atoms with Crippen molar-refractivity contribution in [2.24, 2.45) is 0 Å². The molecule has 98 valence electrons. The molecule has 0 aliphatic carbocycles. The largest absolute Gasteiger partial charge is 0.488 e. The lowest BCUT2D eigenvalue weighted by Crippen LogP contribution is -2.24. The van der Waals surface area contributed by atoms with E-state index >= 15 is 0 Å². The highest BCUT2D eigenvalue weighted by molar-refractivity contribution is 6.30. The molecule has 0 radical (unpaired) electrons. The van der Waals surface area contributed by atoms with Gasteiger partial charge >= 0.3 is 0 Å². The third-order valence-electron chi connectivity index (χ3n) is 3.16. The molecular weight excluding hydrogens is 265 g/mol. The monoisotopic (exact) mass is 277 g/mol. The van der Waals surface area contributed by atoms with E-state index in [-0.39, 0.29) is 11.9 Å². The van der Waals surface area contributed by atoms with Crippen molar-refractivity contribution in [2.45, 2.75) is 12.5 Å². The first-order chi connectivity index (χ1) is 9.22. The van der Waals surface area contributed by atoms with E-state index in [9.17, 15) is 4.39 Å². The summed E-state index contributed by atoms with van der Waals surface area (Å²) in [5, 5.41) is 3.78. The number of nitrogens with one attached hydrogen (secondary N) is 1. The van der Waals surface area contributed by atoms with Crippen LogP contribution in [-0.4, -0.2) is 12.6 Å². The number of halogens is 2. The molecule has 0 aromatic heterocycles. The fraction of sp³-hybridized carbons (Fsp3) is 0.200. The normalized spacial score (nSPS) is 16.8. The van der Waals surface area contributed by atoms with E-state index in [0.717, 1.165) is 17.7 Å². The number of hydrogen-bond donors (Lipinski definition) is 1. The number of hydrogen-bond acceptors (Lipinski definition) is 2. The van der Waals surface area contributed by atoms with Crippen LogP contribution in [0, 0.1) is 5.82 Å². The summed E-state index contributed by atoms with van der Waals surface area (Å²) in [5.74, 6) is 0.616. The summed E-state index contributed by atoms with van der Waals surface area (Å²) >= 11 is 5.94. The Hall–Kier alpha value is -1.74. The highest BCUT2D eigenvalue weighted by Gasteiger charge is 2.22. The van der Waals surface area contributed by atoms with E-state index < -0.39 is 0 Å². The Kier molecular flexibility index (Phi) is 3.30. The minimum atomic E-state index is -0.249. The van der Waals surface area contributed by atoms with Gasteiger partial charge in [-0.3, -0.25) is 0 Å². The summed E-state index contributed by atoms with van der Waals surface area (Å²) in [6.07, 6.45) is 0.797. The zero-order chi connectivity index (χ0) is 13.2. The number of para-hydroxylation sites is 1. The quantitative estimate of drug-likeness (QED) is 0.919. The molecule has 4 heteroatoms. The average molecular weight is 278 g/mol. The van der Waals surface area contributed by atoms with Gasteiger partial charge in [0.1, 0.15) is 17.7 Å². The summed E-state index contributed by atoms with van der Waals surface area (Å²) in [4.78, 5) is 0. The number of fused-ring (bicyclic) bond motifs is 1. The molecule has 0 saturated heterocycles. The van der Waals surface area contributed by atoms with Crippen LogP contribution < -0.4 is 10.1 Å². The van der Waals surface area contributed by atoms with Gasteiger partial charge in [0, 0.05) is 11.4 Å². The smallest absolute Gasteiger partial charge is 0.146 e. The lowest BCUT2D eigenvalue weighted by atomic mass is 10.1. The Morgan fingerprint density at radius 1 is 1.26 bits per heavy atom. The Morgan fingerprint density at radius 3 is 2.95 bits per heavy atom. The molecule has 1 heterocycles. The van der Waals surface area contributed by atoms with Gasteiger partial charge in [-0.05, 0) is 35.9 Å². The minimum Gasteiger partial charge on any atom is -0.488 e. The lowest BCUT2D eigenvalue weighted by Gasteiger charge is -2.13. The first-order valence-corrected chi connectivity index (χ1v) is 6.53. The van der Waals surface area contributed by atoms with Gasteiger partial charge in [-0.2, -0.15) is 0 Å². The second-order valence-electron chi connectivity index (χ2n) is 4.56. The van der Waals surface area contributed by atoms with Gasteiger partial charge in [0.2, 0.25) is 0 Å². The standard InChI is InChI=1S/C15H13ClFNO/c16-11-5-6-15-10(7-11)8-12(19-15)9-18-14-4-2-1-3-13(14)17/h1-7,12,18H,8-9H2. The van der Waals surface area contributed by atoms with Crippen molar-refractivity contribution in [1.82, 2.24) is 0 Å². The van der Waals surface area contributed by atoms with Crippen molar-refractivity contribution in [1.29, 1.82) is 0 Å². The third kappa shape index (κ3) is 2.66. The number of benzene rings is 2. The molecule has 0 spiro atoms. The number of ether oxygens (including phenoxy) is 1. The van der Waals surface area contributed by atoms with E-state index in [2.05, 4.69) is 5.32 Å². The molecule has 19 heavy (non-hydrogen) atoms. The van der Waals surface area contributed by atoms with Gasteiger partial charge in [-0.1, -0.05) is 23.7 Å². The molecule has 2 aromatic rings. The summed E-state index contributed by atoms with van der Waals surface area (Å²) < 4.78 is 19.2. The van der Waals surface area contributed by atoms with Crippen molar-refractivity contribution < 1.29 is 9.13 Å². The Balaban J connectivity index is 1.63. The van der Waals surface area contributed by atoms with Crippen LogP contribution in [0.3, 0.4) is 0 Å². The Morgan fingerprint density at radius 2 is 2.11 bits per heavy atom. The fourth-order valence-electron chi connectivity index (χ4n) is 2.23. The summed E-state index contributed by atoms with van der Waals surface area (Å²) in [6.45, 7) is 0.563. The Bertz CT molecular complexity index is 602. The molecule has 0 saturated carbocycles. The minimum absolute atomic E-state index is 0.00747. The predicted molar refractivity (Wildman–Crippen MR) is 74.5 cm³/mol. The van der Waals surface area contributed by atoms with Gasteiger partial charge in [-0.25, -0.2) is 4.39 Å². The highest BCUT2D eigenvalue weighted by atomic mass is 35.5. The fourth-order valence-corrected chi connectivity index (χ4v) is 2.43. The van der Waals surface area contributed by atoms with E-state index in [4.69, 9.17) is 16.3 Å². The second kappa shape index (κ2) is 5.10. The molecule has 1 aliphatic rings. The molecule has 2 aromatic carbocycles. The van der Waals surface area contributed by atoms with Crippen LogP contribution in [0.15, 0.2) is 42.5 Å². The topological polar surface area (TPSA) is 21.3 Å². The van der Waals surface area contributed by atoms with Crippen LogP contribution in [-0.2, 0) is 6.42 Å². The van der Waals surface area contributed by atoms with Gasteiger partial charge in [0.25, 0.3) is 0 Å². The van der Waals surface area contributed by atoms with Gasteiger partial charge < -0.3 is 10.1 Å². The molecule has 0 amide bonds. The van der Waals surface area contributed by atoms with Crippen LogP contribution in [0.4, 0.5) is 10.1 Å². The van der Waals surface area contributed by atoms with Gasteiger partial charge in [0.05, 0.1) is 12.2 Å². The van der Waals surface area contributed by atoms with E-state index in [1.165, 1.54) is 6.07 Å². The molecular formula is C15H13ClFNO. The van der Waals surface area contributed by atoms with Crippen molar-refractivity contribution in [3.05, 3.63) is 58.9 Å². The highest BCUT2D eigenvalue weighted by Crippen LogP contribution is 2.31. The van der Waals surface area contributed by atoms with Crippen molar-refractivity contribution >= 4 is 17.3 Å². The van der Waals surface area contributed by atoms with E-state index in [1.54, 1.807) is 18.2 Å². The molecule has 1 N–H and O–H groups in total. The zero-order valence-corrected chi connectivity index (χ0v) is 11.0. The van der Waals surface area contributed by atoms with Crippen LogP contribution in [0.5, 0.6) is 5.75 Å². The summed E-state index contributed by atoms with van der Waals surface area (Å²) in [5.41, 5.74) is 1.60. The molecule has 1 atom stereocenters. The second-order valence-corrected chi connectivity index (χ2v) is 4.99. The maximum absolute atomic E-state index is 13.5. The van der Waals surface area contributed by atoms with E-state index in [0.29, 0.717) is 17.3 Å². The average Bonchev–Trinajstić information content (AvgIpc) is 2.79. The molecule has 2 nitrogen and oxygen atoms in total. The zero-order valence-electron chi connectivity index (χ0n) is 10.2. The molecule has 1 unspecified atom stereocenters. The number of rotatable bonds is 3. The van der Waals surface area contributed by atoms with Crippen LogP contribution in [0.2, 0.25) is 5.02 Å². The van der Waals surface area contributed by atoms with Gasteiger partial charge in [0.15, 0.2) is 0 Å². The summed E-state index contributed by atoms with van der Waals surface area (Å²) in [6, 6.07) is 12.2. The van der Waals surface area contributed by atoms with Crippen molar-refractivity contribution in [3.63, 3.8) is 0 Å². The maximum atomic E-state index is 13.5. The first-order valence-electron chi connectivity index (χ1n) is 6.16. The van der Waals surface area contributed by atoms with Crippen LogP contribution in [0.25, 0.3) is 0 Å². The molecule has 0 fully saturated rings. The SMILES string of the molecule is Fc1ccccc1NCC1Cc2cc(Cl)ccc2O1. The lowest BCUT2D eigenvalue weighted by molar-refractivity contribution is 0.246. The van der Waals surface area contributed by atoms with Crippen molar-refractivity contribution in [3.8, 4) is 5.75 Å². The van der Waals surface area contributed by atoms with Gasteiger partial charge in [-0.15, -0.1) is 0 Å². The Labute approximate surface area is 116 Å². The van der Waals surface area contributed by atoms with Crippen molar-refractivity contribution in [2.75, 3.05) is 11.9 Å². The molecule has 1 aliphatic heterocycles. The summed E-state index contributed by atoms with van der Waals surface area (Å²) in [7, 11) is 0. The first kappa shape index (κ1) is 12.3. The van der Waals surface area contributed by atoms with Crippen LogP contribution >= 0.6 is 11.6 Å². The molecule has 0 bridgehead atoms. The van der Waals surface area contributed by atoms with Crippen LogP contribution in [0.1, 0.15) is 5.56 Å². The molecule has 3 rings (SSSR count). The third-order valence-corrected chi connectivity index (χ3v) is 3.39. The predicted octanol–water partition coefficient (Wildman–Crippen LogP) is 3.89. The van der Waals surface area contributed by atoms with E-state index in [1.807, 2.05) is 18.2 Å². The maximum Gasteiger partial charge on any atom is 0.146 e. The number of anilines is 1.